The first-order chi connectivity index (χ1) is 7.31. The molecule has 0 aliphatic carbocycles. The zero-order valence-corrected chi connectivity index (χ0v) is 10.2. The maximum atomic E-state index is 10.8. The molecule has 0 aliphatic rings. The van der Waals surface area contributed by atoms with Crippen LogP contribution in [0.2, 0.25) is 0 Å². The van der Waals surface area contributed by atoms with Crippen LogP contribution in [0.5, 0.6) is 0 Å². The predicted molar refractivity (Wildman–Crippen MR) is 59.2 cm³/mol. The lowest BCUT2D eigenvalue weighted by Gasteiger charge is -2.21. The van der Waals surface area contributed by atoms with E-state index in [0.29, 0.717) is 17.5 Å². The van der Waals surface area contributed by atoms with Gasteiger partial charge in [-0.2, -0.15) is 0 Å². The summed E-state index contributed by atoms with van der Waals surface area (Å²) in [5, 5.41) is 16.8. The van der Waals surface area contributed by atoms with Crippen molar-refractivity contribution in [1.82, 2.24) is 10.2 Å². The number of carboxylic acids is 1. The molecule has 2 unspecified atom stereocenters. The van der Waals surface area contributed by atoms with Gasteiger partial charge in [0.1, 0.15) is 5.54 Å². The van der Waals surface area contributed by atoms with Crippen LogP contribution < -0.4 is 5.73 Å². The van der Waals surface area contributed by atoms with E-state index in [1.54, 1.807) is 6.92 Å². The molecule has 2 atom stereocenters. The van der Waals surface area contributed by atoms with Gasteiger partial charge in [-0.15, -0.1) is 10.2 Å². The van der Waals surface area contributed by atoms with Gasteiger partial charge in [0.05, 0.1) is 0 Å². The highest BCUT2D eigenvalue weighted by atomic mass is 32.2. The fourth-order valence-corrected chi connectivity index (χ4v) is 2.25. The van der Waals surface area contributed by atoms with Crippen LogP contribution in [-0.4, -0.2) is 32.1 Å². The molecule has 0 saturated heterocycles. The molecule has 1 aromatic rings. The van der Waals surface area contributed by atoms with Crippen molar-refractivity contribution in [2.45, 2.75) is 43.2 Å². The number of aromatic nitrogens is 2. The number of carboxylic acid groups (broad SMARTS) is 1. The summed E-state index contributed by atoms with van der Waals surface area (Å²) in [6.45, 7) is 5.07. The van der Waals surface area contributed by atoms with Gasteiger partial charge in [0.2, 0.25) is 5.89 Å². The summed E-state index contributed by atoms with van der Waals surface area (Å²) in [5.74, 6) is -0.523. The van der Waals surface area contributed by atoms with Crippen molar-refractivity contribution in [2.75, 3.05) is 0 Å². The maximum absolute atomic E-state index is 10.8. The Labute approximate surface area is 97.6 Å². The van der Waals surface area contributed by atoms with Gasteiger partial charge in [-0.05, 0) is 13.3 Å². The molecule has 1 aromatic heterocycles. The van der Waals surface area contributed by atoms with E-state index in [0.717, 1.165) is 0 Å². The number of aliphatic carboxylic acids is 1. The Bertz CT molecular complexity index is 378. The lowest BCUT2D eigenvalue weighted by Crippen LogP contribution is -2.46. The Morgan fingerprint density at radius 3 is 2.75 bits per heavy atom. The van der Waals surface area contributed by atoms with Gasteiger partial charge >= 0.3 is 5.97 Å². The van der Waals surface area contributed by atoms with E-state index in [2.05, 4.69) is 10.2 Å². The van der Waals surface area contributed by atoms with Gasteiger partial charge in [-0.3, -0.25) is 4.79 Å². The third kappa shape index (κ3) is 3.49. The van der Waals surface area contributed by atoms with E-state index < -0.39 is 11.5 Å². The average Bonchev–Trinajstić information content (AvgIpc) is 2.49. The van der Waals surface area contributed by atoms with Crippen LogP contribution in [0.4, 0.5) is 0 Å². The van der Waals surface area contributed by atoms with Crippen LogP contribution in [0.15, 0.2) is 9.64 Å². The summed E-state index contributed by atoms with van der Waals surface area (Å²) in [6.07, 6.45) is 0.328. The molecule has 0 amide bonds. The molecular weight excluding hydrogens is 230 g/mol. The molecule has 0 aliphatic heterocycles. The van der Waals surface area contributed by atoms with Crippen molar-refractivity contribution >= 4 is 17.7 Å². The molecule has 3 N–H and O–H groups in total. The first-order valence-corrected chi connectivity index (χ1v) is 5.68. The molecule has 0 radical (unpaired) electrons. The van der Waals surface area contributed by atoms with Gasteiger partial charge < -0.3 is 15.3 Å². The smallest absolute Gasteiger partial charge is 0.323 e. The molecular formula is C9H15N3O3S. The Morgan fingerprint density at radius 1 is 1.69 bits per heavy atom. The molecule has 16 heavy (non-hydrogen) atoms. The van der Waals surface area contributed by atoms with Crippen molar-refractivity contribution in [1.29, 1.82) is 0 Å². The lowest BCUT2D eigenvalue weighted by molar-refractivity contribution is -0.142. The number of carbonyl (C=O) groups is 1. The molecule has 1 heterocycles. The molecule has 0 saturated carbocycles. The fraction of sp³-hybridized carbons (Fsp3) is 0.667. The Balaban J connectivity index is 2.54. The summed E-state index contributed by atoms with van der Waals surface area (Å²) in [4.78, 5) is 10.8. The highest BCUT2D eigenvalue weighted by Gasteiger charge is 2.30. The van der Waals surface area contributed by atoms with Crippen LogP contribution in [-0.2, 0) is 4.79 Å². The summed E-state index contributed by atoms with van der Waals surface area (Å²) < 4.78 is 5.18. The maximum Gasteiger partial charge on any atom is 0.323 e. The molecule has 6 nitrogen and oxygen atoms in total. The first kappa shape index (κ1) is 13.0. The average molecular weight is 245 g/mol. The summed E-state index contributed by atoms with van der Waals surface area (Å²) in [7, 11) is 0. The Morgan fingerprint density at radius 2 is 2.31 bits per heavy atom. The van der Waals surface area contributed by atoms with Crippen LogP contribution in [0, 0.1) is 6.92 Å². The SMILES string of the molecule is Cc1nnc(SC(C)CC(C)(N)C(=O)O)o1. The van der Waals surface area contributed by atoms with Crippen LogP contribution in [0.1, 0.15) is 26.2 Å². The monoisotopic (exact) mass is 245 g/mol. The molecule has 1 rings (SSSR count). The highest BCUT2D eigenvalue weighted by Crippen LogP contribution is 2.26. The minimum Gasteiger partial charge on any atom is -0.480 e. The third-order valence-electron chi connectivity index (χ3n) is 2.01. The van der Waals surface area contributed by atoms with Gasteiger partial charge in [0.25, 0.3) is 5.22 Å². The number of hydrogen-bond acceptors (Lipinski definition) is 6. The topological polar surface area (TPSA) is 102 Å². The number of aryl methyl sites for hydroxylation is 1. The minimum absolute atomic E-state index is 0.00838. The molecule has 90 valence electrons. The van der Waals surface area contributed by atoms with Crippen LogP contribution in [0.3, 0.4) is 0 Å². The summed E-state index contributed by atoms with van der Waals surface area (Å²) >= 11 is 1.33. The van der Waals surface area contributed by atoms with E-state index in [4.69, 9.17) is 15.3 Å². The standard InChI is InChI=1S/C9H15N3O3S/c1-5(4-9(3,10)7(13)14)16-8-12-11-6(2)15-8/h5H,4,10H2,1-3H3,(H,13,14). The molecule has 0 aromatic carbocycles. The second-order valence-electron chi connectivity index (χ2n) is 3.94. The van der Waals surface area contributed by atoms with E-state index in [-0.39, 0.29) is 5.25 Å². The predicted octanol–water partition coefficient (Wildman–Crippen LogP) is 1.05. The van der Waals surface area contributed by atoms with Crippen molar-refractivity contribution < 1.29 is 14.3 Å². The first-order valence-electron chi connectivity index (χ1n) is 4.80. The van der Waals surface area contributed by atoms with Crippen molar-refractivity contribution in [3.8, 4) is 0 Å². The van der Waals surface area contributed by atoms with E-state index in [9.17, 15) is 4.79 Å². The van der Waals surface area contributed by atoms with Gasteiger partial charge in [0.15, 0.2) is 0 Å². The quantitative estimate of drug-likeness (QED) is 0.747. The molecule has 0 spiro atoms. The minimum atomic E-state index is -1.23. The fourth-order valence-electron chi connectivity index (χ4n) is 1.22. The van der Waals surface area contributed by atoms with Crippen molar-refractivity contribution in [3.63, 3.8) is 0 Å². The van der Waals surface area contributed by atoms with Crippen LogP contribution >= 0.6 is 11.8 Å². The van der Waals surface area contributed by atoms with Crippen molar-refractivity contribution in [2.24, 2.45) is 5.73 Å². The number of hydrogen-bond donors (Lipinski definition) is 2. The number of nitrogens with zero attached hydrogens (tertiary/aromatic N) is 2. The number of nitrogens with two attached hydrogens (primary N) is 1. The zero-order valence-electron chi connectivity index (χ0n) is 9.43. The van der Waals surface area contributed by atoms with Gasteiger partial charge in [-0.25, -0.2) is 0 Å². The summed E-state index contributed by atoms with van der Waals surface area (Å²) in [6, 6.07) is 0. The molecule has 7 heteroatoms. The van der Waals surface area contributed by atoms with E-state index >= 15 is 0 Å². The van der Waals surface area contributed by atoms with Crippen molar-refractivity contribution in [3.05, 3.63) is 5.89 Å². The highest BCUT2D eigenvalue weighted by molar-refractivity contribution is 7.99. The second-order valence-corrected chi connectivity index (χ2v) is 5.33. The summed E-state index contributed by atoms with van der Waals surface area (Å²) in [5.41, 5.74) is 4.41. The normalized spacial score (nSPS) is 16.8. The van der Waals surface area contributed by atoms with Gasteiger partial charge in [0, 0.05) is 12.2 Å². The second kappa shape index (κ2) is 4.84. The number of thioether (sulfide) groups is 1. The largest absolute Gasteiger partial charge is 0.480 e. The molecule has 0 fully saturated rings. The lowest BCUT2D eigenvalue weighted by atomic mass is 9.98. The Kier molecular flexibility index (Phi) is 3.93. The van der Waals surface area contributed by atoms with E-state index in [1.807, 2.05) is 6.92 Å². The number of rotatable bonds is 5. The Hall–Kier alpha value is -1.08. The molecule has 0 bridgehead atoms. The zero-order chi connectivity index (χ0) is 12.3. The van der Waals surface area contributed by atoms with E-state index in [1.165, 1.54) is 18.7 Å². The third-order valence-corrected chi connectivity index (χ3v) is 2.95. The van der Waals surface area contributed by atoms with Gasteiger partial charge in [-0.1, -0.05) is 18.7 Å². The van der Waals surface area contributed by atoms with Crippen LogP contribution in [0.25, 0.3) is 0 Å².